The van der Waals surface area contributed by atoms with Gasteiger partial charge in [0.15, 0.2) is 0 Å². The number of hydrogen-bond donors (Lipinski definition) is 2. The fraction of sp³-hybridized carbons (Fsp3) is 0.333. The van der Waals surface area contributed by atoms with E-state index in [0.717, 1.165) is 60.6 Å². The van der Waals surface area contributed by atoms with Gasteiger partial charge in [0, 0.05) is 36.7 Å². The summed E-state index contributed by atoms with van der Waals surface area (Å²) in [6.45, 7) is 4.96. The molecule has 1 aliphatic heterocycles. The summed E-state index contributed by atoms with van der Waals surface area (Å²) < 4.78 is 5.42. The van der Waals surface area contributed by atoms with Crippen molar-refractivity contribution in [3.63, 3.8) is 0 Å². The molecule has 3 N–H and O–H groups in total. The van der Waals surface area contributed by atoms with Crippen LogP contribution in [0.2, 0.25) is 0 Å². The number of ether oxygens (including phenoxy) is 1. The normalized spacial score (nSPS) is 14.0. The van der Waals surface area contributed by atoms with Gasteiger partial charge in [0.1, 0.15) is 0 Å². The highest BCUT2D eigenvalue weighted by atomic mass is 32.1. The molecule has 7 heteroatoms. The van der Waals surface area contributed by atoms with E-state index >= 15 is 0 Å². The maximum Gasteiger partial charge on any atom is 0.255 e. The van der Waals surface area contributed by atoms with Crippen molar-refractivity contribution in [2.24, 2.45) is 5.92 Å². The predicted molar refractivity (Wildman–Crippen MR) is 138 cm³/mol. The number of aryl methyl sites for hydroxylation is 1. The monoisotopic (exact) mass is 477 g/mol. The van der Waals surface area contributed by atoms with E-state index in [1.165, 1.54) is 0 Å². The first-order valence-electron chi connectivity index (χ1n) is 11.6. The van der Waals surface area contributed by atoms with Crippen molar-refractivity contribution >= 4 is 35.0 Å². The molecule has 0 aliphatic carbocycles. The van der Waals surface area contributed by atoms with Crippen LogP contribution in [0.3, 0.4) is 0 Å². The number of thiophene rings is 1. The van der Waals surface area contributed by atoms with Crippen molar-refractivity contribution in [1.82, 2.24) is 4.90 Å². The van der Waals surface area contributed by atoms with Gasteiger partial charge in [-0.3, -0.25) is 9.59 Å². The molecule has 178 valence electrons. The minimum absolute atomic E-state index is 0.203. The topological polar surface area (TPSA) is 84.7 Å². The van der Waals surface area contributed by atoms with Gasteiger partial charge >= 0.3 is 0 Å². The highest BCUT2D eigenvalue weighted by Crippen LogP contribution is 2.30. The van der Waals surface area contributed by atoms with Gasteiger partial charge in [-0.25, -0.2) is 0 Å². The number of amides is 2. The largest absolute Gasteiger partial charge is 0.397 e. The second kappa shape index (κ2) is 11.3. The summed E-state index contributed by atoms with van der Waals surface area (Å²) in [6.07, 6.45) is 3.63. The number of anilines is 2. The Morgan fingerprint density at radius 3 is 2.76 bits per heavy atom. The molecule has 0 spiro atoms. The molecule has 2 amide bonds. The van der Waals surface area contributed by atoms with Gasteiger partial charge in [0.2, 0.25) is 6.41 Å². The summed E-state index contributed by atoms with van der Waals surface area (Å²) in [5.41, 5.74) is 11.0. The first-order chi connectivity index (χ1) is 16.5. The molecule has 1 fully saturated rings. The summed E-state index contributed by atoms with van der Waals surface area (Å²) in [4.78, 5) is 27.6. The van der Waals surface area contributed by atoms with E-state index in [9.17, 15) is 9.59 Å². The quantitative estimate of drug-likeness (QED) is 0.336. The van der Waals surface area contributed by atoms with Crippen LogP contribution in [-0.2, 0) is 16.0 Å². The van der Waals surface area contributed by atoms with E-state index in [-0.39, 0.29) is 5.91 Å². The van der Waals surface area contributed by atoms with Gasteiger partial charge in [0.05, 0.1) is 11.4 Å². The molecule has 34 heavy (non-hydrogen) atoms. The lowest BCUT2D eigenvalue weighted by molar-refractivity contribution is -0.119. The zero-order valence-corrected chi connectivity index (χ0v) is 20.3. The number of carbonyl (C=O) groups is 2. The van der Waals surface area contributed by atoms with E-state index in [0.29, 0.717) is 35.8 Å². The molecule has 4 rings (SSSR count). The average Bonchev–Trinajstić information content (AvgIpc) is 3.39. The third kappa shape index (κ3) is 6.04. The summed E-state index contributed by atoms with van der Waals surface area (Å²) >= 11 is 1.64. The van der Waals surface area contributed by atoms with Gasteiger partial charge in [-0.1, -0.05) is 18.2 Å². The van der Waals surface area contributed by atoms with E-state index in [2.05, 4.69) is 5.32 Å². The van der Waals surface area contributed by atoms with Gasteiger partial charge in [-0.15, -0.1) is 11.3 Å². The third-order valence-electron chi connectivity index (χ3n) is 6.37. The Morgan fingerprint density at radius 1 is 1.21 bits per heavy atom. The fourth-order valence-corrected chi connectivity index (χ4v) is 4.97. The van der Waals surface area contributed by atoms with Crippen LogP contribution in [0.1, 0.15) is 34.3 Å². The first-order valence-corrected chi connectivity index (χ1v) is 12.5. The number of hydrogen-bond acceptors (Lipinski definition) is 5. The third-order valence-corrected chi connectivity index (χ3v) is 7.29. The maximum absolute atomic E-state index is 13.0. The Morgan fingerprint density at radius 2 is 2.03 bits per heavy atom. The van der Waals surface area contributed by atoms with Crippen molar-refractivity contribution in [1.29, 1.82) is 0 Å². The van der Waals surface area contributed by atoms with E-state index in [1.807, 2.05) is 65.7 Å². The second-order valence-corrected chi connectivity index (χ2v) is 9.73. The van der Waals surface area contributed by atoms with Crippen LogP contribution in [0.25, 0.3) is 10.4 Å². The van der Waals surface area contributed by atoms with E-state index in [1.54, 1.807) is 11.3 Å². The van der Waals surface area contributed by atoms with Crippen LogP contribution in [0.5, 0.6) is 0 Å². The molecular weight excluding hydrogens is 446 g/mol. The summed E-state index contributed by atoms with van der Waals surface area (Å²) in [5.74, 6) is 0.290. The van der Waals surface area contributed by atoms with Crippen LogP contribution in [0.15, 0.2) is 53.9 Å². The Bertz CT molecular complexity index is 1120. The fourth-order valence-electron chi connectivity index (χ4n) is 4.25. The number of nitrogens with two attached hydrogens (primary N) is 1. The van der Waals surface area contributed by atoms with Crippen LogP contribution in [0, 0.1) is 12.8 Å². The summed E-state index contributed by atoms with van der Waals surface area (Å²) in [7, 11) is 0. The van der Waals surface area contributed by atoms with Crippen molar-refractivity contribution in [3.8, 4) is 10.4 Å². The smallest absolute Gasteiger partial charge is 0.255 e. The SMILES string of the molecule is Cc1ccc(C(=O)Nc2cc(-c3cccs3)ccc2N)cc1CCN(C=O)CC1CCOCC1. The number of benzene rings is 2. The minimum atomic E-state index is -0.203. The molecular formula is C27H31N3O3S. The first kappa shape index (κ1) is 24.0. The van der Waals surface area contributed by atoms with Crippen molar-refractivity contribution in [3.05, 3.63) is 70.6 Å². The zero-order valence-electron chi connectivity index (χ0n) is 19.5. The lowest BCUT2D eigenvalue weighted by Crippen LogP contribution is -2.33. The van der Waals surface area contributed by atoms with E-state index in [4.69, 9.17) is 10.5 Å². The van der Waals surface area contributed by atoms with Gasteiger partial charge in [-0.05, 0) is 84.5 Å². The average molecular weight is 478 g/mol. The lowest BCUT2D eigenvalue weighted by Gasteiger charge is -2.27. The molecule has 2 heterocycles. The van der Waals surface area contributed by atoms with Crippen molar-refractivity contribution < 1.29 is 14.3 Å². The standard InChI is InChI=1S/C27H31N3O3S/c1-19-4-5-23(15-21(19)8-11-30(18-31)17-20-9-12-33-13-10-20)27(32)29-25-16-22(6-7-24(25)28)26-3-2-14-34-26/h2-7,14-16,18,20H,8-13,17,28H2,1H3,(H,29,32). The number of nitrogens with one attached hydrogen (secondary N) is 1. The molecule has 0 unspecified atom stereocenters. The second-order valence-electron chi connectivity index (χ2n) is 8.78. The molecule has 0 saturated carbocycles. The van der Waals surface area contributed by atoms with Crippen LogP contribution >= 0.6 is 11.3 Å². The van der Waals surface area contributed by atoms with Crippen molar-refractivity contribution in [2.45, 2.75) is 26.2 Å². The van der Waals surface area contributed by atoms with E-state index < -0.39 is 0 Å². The summed E-state index contributed by atoms with van der Waals surface area (Å²) in [6, 6.07) is 15.4. The molecule has 1 aliphatic rings. The molecule has 1 saturated heterocycles. The molecule has 1 aromatic heterocycles. The van der Waals surface area contributed by atoms with Gasteiger partial charge in [-0.2, -0.15) is 0 Å². The van der Waals surface area contributed by atoms with Crippen LogP contribution < -0.4 is 11.1 Å². The molecule has 0 radical (unpaired) electrons. The number of rotatable bonds is 9. The maximum atomic E-state index is 13.0. The molecule has 2 aromatic carbocycles. The van der Waals surface area contributed by atoms with Crippen LogP contribution in [-0.4, -0.2) is 43.5 Å². The Hall–Kier alpha value is -3.16. The highest BCUT2D eigenvalue weighted by Gasteiger charge is 2.17. The minimum Gasteiger partial charge on any atom is -0.397 e. The van der Waals surface area contributed by atoms with Gasteiger partial charge < -0.3 is 20.7 Å². The number of carbonyl (C=O) groups excluding carboxylic acids is 2. The molecule has 6 nitrogen and oxygen atoms in total. The molecule has 0 atom stereocenters. The zero-order chi connectivity index (χ0) is 23.9. The van der Waals surface area contributed by atoms with Crippen molar-refractivity contribution in [2.75, 3.05) is 37.4 Å². The Labute approximate surface area is 204 Å². The number of nitrogens with zero attached hydrogens (tertiary/aromatic N) is 1. The Balaban J connectivity index is 1.42. The summed E-state index contributed by atoms with van der Waals surface area (Å²) in [5, 5.41) is 4.99. The number of nitrogen functional groups attached to an aromatic ring is 1. The van der Waals surface area contributed by atoms with Gasteiger partial charge in [0.25, 0.3) is 5.91 Å². The predicted octanol–water partition coefficient (Wildman–Crippen LogP) is 4.99. The van der Waals surface area contributed by atoms with Crippen LogP contribution in [0.4, 0.5) is 11.4 Å². The Kier molecular flexibility index (Phi) is 7.98. The molecule has 0 bridgehead atoms. The lowest BCUT2D eigenvalue weighted by atomic mass is 9.99. The molecule has 3 aromatic rings. The highest BCUT2D eigenvalue weighted by molar-refractivity contribution is 7.13.